The first-order chi connectivity index (χ1) is 10.2. The Hall–Kier alpha value is -2.06. The number of nitrogens with one attached hydrogen (secondary N) is 2. The average molecular weight is 287 g/mol. The monoisotopic (exact) mass is 287 g/mol. The van der Waals surface area contributed by atoms with Gasteiger partial charge in [0.1, 0.15) is 5.82 Å². The number of terminal acetylenes is 1. The standard InChI is InChI=1S/C16H21N3O2/c1-2-9-17-15(21)13-4-5-14(18-11-13)19-12-16(8-10-20)6-3-7-16/h1,4-5,11,20H,3,6-10,12H2,(H,17,21)(H,18,19). The van der Waals surface area contributed by atoms with Crippen LogP contribution >= 0.6 is 0 Å². The predicted octanol–water partition coefficient (Wildman–Crippen LogP) is 1.41. The van der Waals surface area contributed by atoms with Crippen molar-refractivity contribution in [3.05, 3.63) is 23.9 Å². The molecular weight excluding hydrogens is 266 g/mol. The molecule has 0 atom stereocenters. The molecule has 1 amide bonds. The van der Waals surface area contributed by atoms with E-state index in [4.69, 9.17) is 11.5 Å². The first-order valence-electron chi connectivity index (χ1n) is 7.22. The van der Waals surface area contributed by atoms with Gasteiger partial charge in [0.15, 0.2) is 0 Å². The third kappa shape index (κ3) is 3.96. The lowest BCUT2D eigenvalue weighted by Gasteiger charge is -2.41. The second kappa shape index (κ2) is 7.09. The van der Waals surface area contributed by atoms with Gasteiger partial charge in [-0.15, -0.1) is 6.42 Å². The number of hydrogen-bond acceptors (Lipinski definition) is 4. The van der Waals surface area contributed by atoms with E-state index in [0.717, 1.165) is 31.6 Å². The highest BCUT2D eigenvalue weighted by Gasteiger charge is 2.36. The molecule has 0 spiro atoms. The SMILES string of the molecule is C#CCNC(=O)c1ccc(NCC2(CCO)CCC2)nc1. The Bertz CT molecular complexity index is 515. The zero-order valence-electron chi connectivity index (χ0n) is 12.1. The number of carbonyl (C=O) groups is 1. The molecule has 5 heteroatoms. The molecule has 0 aromatic carbocycles. The summed E-state index contributed by atoms with van der Waals surface area (Å²) >= 11 is 0. The highest BCUT2D eigenvalue weighted by molar-refractivity contribution is 5.94. The summed E-state index contributed by atoms with van der Waals surface area (Å²) in [5.41, 5.74) is 0.698. The minimum absolute atomic E-state index is 0.208. The molecule has 2 rings (SSSR count). The lowest BCUT2D eigenvalue weighted by molar-refractivity contribution is 0.0957. The topological polar surface area (TPSA) is 74.2 Å². The van der Waals surface area contributed by atoms with Crippen molar-refractivity contribution < 1.29 is 9.90 Å². The summed E-state index contributed by atoms with van der Waals surface area (Å²) in [6.45, 7) is 1.25. The molecule has 21 heavy (non-hydrogen) atoms. The fourth-order valence-corrected chi connectivity index (χ4v) is 2.57. The lowest BCUT2D eigenvalue weighted by atomic mass is 9.67. The largest absolute Gasteiger partial charge is 0.396 e. The van der Waals surface area contributed by atoms with Crippen LogP contribution in [0.25, 0.3) is 0 Å². The normalized spacial score (nSPS) is 15.6. The number of anilines is 1. The molecule has 0 bridgehead atoms. The minimum Gasteiger partial charge on any atom is -0.396 e. The van der Waals surface area contributed by atoms with Crippen molar-refractivity contribution in [2.24, 2.45) is 5.41 Å². The van der Waals surface area contributed by atoms with E-state index < -0.39 is 0 Å². The quantitative estimate of drug-likeness (QED) is 0.663. The van der Waals surface area contributed by atoms with Crippen molar-refractivity contribution in [2.45, 2.75) is 25.7 Å². The Morgan fingerprint density at radius 3 is 2.81 bits per heavy atom. The number of nitrogens with zero attached hydrogens (tertiary/aromatic N) is 1. The van der Waals surface area contributed by atoms with Crippen LogP contribution in [0.1, 0.15) is 36.0 Å². The van der Waals surface area contributed by atoms with Gasteiger partial charge in [-0.3, -0.25) is 4.79 Å². The van der Waals surface area contributed by atoms with Gasteiger partial charge in [-0.25, -0.2) is 4.98 Å². The number of amides is 1. The van der Waals surface area contributed by atoms with Crippen LogP contribution < -0.4 is 10.6 Å². The maximum absolute atomic E-state index is 11.7. The molecular formula is C16H21N3O2. The molecule has 0 radical (unpaired) electrons. The van der Waals surface area contributed by atoms with Crippen molar-refractivity contribution in [1.82, 2.24) is 10.3 Å². The van der Waals surface area contributed by atoms with Crippen molar-refractivity contribution >= 4 is 11.7 Å². The number of aliphatic hydroxyl groups excluding tert-OH is 1. The van der Waals surface area contributed by atoms with E-state index in [1.54, 1.807) is 12.1 Å². The molecule has 1 aliphatic rings. The zero-order chi connectivity index (χ0) is 15.1. The molecule has 0 saturated heterocycles. The van der Waals surface area contributed by atoms with E-state index in [1.165, 1.54) is 12.6 Å². The molecule has 5 nitrogen and oxygen atoms in total. The Morgan fingerprint density at radius 2 is 2.29 bits per heavy atom. The minimum atomic E-state index is -0.220. The summed E-state index contributed by atoms with van der Waals surface area (Å²) in [7, 11) is 0. The van der Waals surface area contributed by atoms with Gasteiger partial charge in [-0.05, 0) is 36.8 Å². The van der Waals surface area contributed by atoms with Gasteiger partial charge in [0.05, 0.1) is 12.1 Å². The van der Waals surface area contributed by atoms with Gasteiger partial charge in [0.2, 0.25) is 0 Å². The second-order valence-electron chi connectivity index (χ2n) is 5.50. The average Bonchev–Trinajstić information content (AvgIpc) is 2.48. The van der Waals surface area contributed by atoms with E-state index in [0.29, 0.717) is 5.56 Å². The molecule has 1 fully saturated rings. The molecule has 0 aliphatic heterocycles. The van der Waals surface area contributed by atoms with Crippen LogP contribution in [0.5, 0.6) is 0 Å². The van der Waals surface area contributed by atoms with E-state index in [9.17, 15) is 4.79 Å². The maximum Gasteiger partial charge on any atom is 0.253 e. The fourth-order valence-electron chi connectivity index (χ4n) is 2.57. The summed E-state index contributed by atoms with van der Waals surface area (Å²) in [4.78, 5) is 15.9. The van der Waals surface area contributed by atoms with Gasteiger partial charge >= 0.3 is 0 Å². The molecule has 1 heterocycles. The molecule has 1 aliphatic carbocycles. The Morgan fingerprint density at radius 1 is 1.48 bits per heavy atom. The van der Waals surface area contributed by atoms with Crippen LogP contribution in [0.15, 0.2) is 18.3 Å². The van der Waals surface area contributed by atoms with Crippen molar-refractivity contribution in [3.63, 3.8) is 0 Å². The van der Waals surface area contributed by atoms with Crippen LogP contribution in [0, 0.1) is 17.8 Å². The lowest BCUT2D eigenvalue weighted by Crippen LogP contribution is -2.37. The van der Waals surface area contributed by atoms with Crippen LogP contribution in [0.4, 0.5) is 5.82 Å². The number of rotatable bonds is 7. The van der Waals surface area contributed by atoms with Crippen LogP contribution in [-0.2, 0) is 0 Å². The van der Waals surface area contributed by atoms with Crippen molar-refractivity contribution in [3.8, 4) is 12.3 Å². The molecule has 112 valence electrons. The Balaban J connectivity index is 1.88. The van der Waals surface area contributed by atoms with E-state index in [2.05, 4.69) is 21.5 Å². The summed E-state index contributed by atoms with van der Waals surface area (Å²) in [5, 5.41) is 15.0. The highest BCUT2D eigenvalue weighted by atomic mass is 16.3. The molecule has 1 aromatic rings. The predicted molar refractivity (Wildman–Crippen MR) is 81.9 cm³/mol. The summed E-state index contributed by atoms with van der Waals surface area (Å²) in [5.74, 6) is 2.88. The highest BCUT2D eigenvalue weighted by Crippen LogP contribution is 2.43. The number of carbonyl (C=O) groups excluding carboxylic acids is 1. The maximum atomic E-state index is 11.7. The molecule has 1 aromatic heterocycles. The van der Waals surface area contributed by atoms with Gasteiger partial charge in [0, 0.05) is 19.3 Å². The molecule has 1 saturated carbocycles. The number of aliphatic hydroxyl groups is 1. The van der Waals surface area contributed by atoms with Gasteiger partial charge in [0.25, 0.3) is 5.91 Å². The van der Waals surface area contributed by atoms with Gasteiger partial charge in [-0.2, -0.15) is 0 Å². The van der Waals surface area contributed by atoms with E-state index in [1.807, 2.05) is 0 Å². The summed E-state index contributed by atoms with van der Waals surface area (Å²) < 4.78 is 0. The fraction of sp³-hybridized carbons (Fsp3) is 0.500. The third-order valence-corrected chi connectivity index (χ3v) is 4.08. The smallest absolute Gasteiger partial charge is 0.253 e. The Kier molecular flexibility index (Phi) is 5.18. The summed E-state index contributed by atoms with van der Waals surface area (Å²) in [6, 6.07) is 3.51. The molecule has 3 N–H and O–H groups in total. The van der Waals surface area contributed by atoms with Crippen molar-refractivity contribution in [2.75, 3.05) is 25.0 Å². The van der Waals surface area contributed by atoms with Crippen LogP contribution in [0.2, 0.25) is 0 Å². The Labute approximate surface area is 125 Å². The number of hydrogen-bond donors (Lipinski definition) is 3. The first-order valence-corrected chi connectivity index (χ1v) is 7.22. The number of aromatic nitrogens is 1. The summed E-state index contributed by atoms with van der Waals surface area (Å²) in [6.07, 6.45) is 11.0. The van der Waals surface area contributed by atoms with Gasteiger partial charge in [-0.1, -0.05) is 12.3 Å². The number of pyridine rings is 1. The van der Waals surface area contributed by atoms with Gasteiger partial charge < -0.3 is 15.7 Å². The zero-order valence-corrected chi connectivity index (χ0v) is 12.1. The first kappa shape index (κ1) is 15.3. The van der Waals surface area contributed by atoms with Crippen molar-refractivity contribution in [1.29, 1.82) is 0 Å². The van der Waals surface area contributed by atoms with Crippen LogP contribution in [0.3, 0.4) is 0 Å². The molecule has 0 unspecified atom stereocenters. The van der Waals surface area contributed by atoms with Crippen LogP contribution in [-0.4, -0.2) is 35.7 Å². The van der Waals surface area contributed by atoms with E-state index >= 15 is 0 Å². The second-order valence-corrected chi connectivity index (χ2v) is 5.50. The van der Waals surface area contributed by atoms with E-state index in [-0.39, 0.29) is 24.5 Å². The third-order valence-electron chi connectivity index (χ3n) is 4.08.